The number of anilines is 1. The third kappa shape index (κ3) is 15.1. The van der Waals surface area contributed by atoms with Crippen molar-refractivity contribution in [2.75, 3.05) is 57.3 Å². The second-order valence-electron chi connectivity index (χ2n) is 21.9. The van der Waals surface area contributed by atoms with Gasteiger partial charge in [-0.15, -0.1) is 11.3 Å². The van der Waals surface area contributed by atoms with Gasteiger partial charge < -0.3 is 45.6 Å². The lowest BCUT2D eigenvalue weighted by molar-refractivity contribution is -0.144. The maximum absolute atomic E-state index is 14.1. The fraction of sp³-hybridized carbons (Fsp3) is 0.596. The summed E-state index contributed by atoms with van der Waals surface area (Å²) in [7, 11) is 0. The van der Waals surface area contributed by atoms with Crippen LogP contribution in [0.3, 0.4) is 0 Å². The fourth-order valence-corrected chi connectivity index (χ4v) is 11.8. The van der Waals surface area contributed by atoms with Crippen LogP contribution in [-0.2, 0) is 19.2 Å². The molecule has 7 rings (SSSR count). The number of nitrogens with zero attached hydrogens (tertiary/aromatic N) is 6. The Hall–Kier alpha value is -5.20. The summed E-state index contributed by atoms with van der Waals surface area (Å²) in [5.74, 6) is 0.446. The van der Waals surface area contributed by atoms with Crippen molar-refractivity contribution in [3.05, 3.63) is 87.4 Å². The quantitative estimate of drug-likeness (QED) is 0.0420. The number of aliphatic hydroxyl groups is 2. The zero-order valence-electron chi connectivity index (χ0n) is 45.1. The number of carbonyl (C=O) groups excluding carboxylic acids is 4. The minimum Gasteiger partial charge on any atom is -0.493 e. The molecule has 4 amide bonds. The number of aryl methyl sites for hydroxylation is 1. The van der Waals surface area contributed by atoms with E-state index < -0.39 is 41.7 Å². The van der Waals surface area contributed by atoms with Crippen LogP contribution in [0.4, 0.5) is 5.82 Å². The molecule has 2 aliphatic heterocycles. The lowest BCUT2D eigenvalue weighted by Gasteiger charge is -2.38. The Balaban J connectivity index is 0.816. The van der Waals surface area contributed by atoms with E-state index in [1.807, 2.05) is 87.5 Å². The zero-order chi connectivity index (χ0) is 53.8. The van der Waals surface area contributed by atoms with Crippen LogP contribution in [0.5, 0.6) is 5.75 Å². The van der Waals surface area contributed by atoms with Crippen molar-refractivity contribution in [3.8, 4) is 16.2 Å². The second kappa shape index (κ2) is 26.7. The van der Waals surface area contributed by atoms with Gasteiger partial charge in [0.25, 0.3) is 0 Å². The number of ether oxygens (including phenoxy) is 1. The van der Waals surface area contributed by atoms with Crippen LogP contribution in [0.15, 0.2) is 54.3 Å². The monoisotopic (exact) mass is 1070 g/mol. The number of carbonyl (C=O) groups is 4. The highest BCUT2D eigenvalue weighted by atomic mass is 35.5. The first-order valence-electron chi connectivity index (χ1n) is 27.2. The Labute approximate surface area is 452 Å². The lowest BCUT2D eigenvalue weighted by Crippen LogP contribution is -2.57. The summed E-state index contributed by atoms with van der Waals surface area (Å²) in [6.45, 7) is 17.4. The molecule has 75 heavy (non-hydrogen) atoms. The van der Waals surface area contributed by atoms with Gasteiger partial charge in [0.1, 0.15) is 30.0 Å². The van der Waals surface area contributed by atoms with E-state index in [1.165, 1.54) is 31.1 Å². The highest BCUT2D eigenvalue weighted by Crippen LogP contribution is 2.43. The molecule has 16 nitrogen and oxygen atoms in total. The number of benzene rings is 2. The van der Waals surface area contributed by atoms with Crippen LogP contribution < -0.4 is 25.6 Å². The summed E-state index contributed by atoms with van der Waals surface area (Å²) in [6.07, 6.45) is 10.8. The van der Waals surface area contributed by atoms with Crippen LogP contribution in [0, 0.1) is 12.3 Å². The summed E-state index contributed by atoms with van der Waals surface area (Å²) in [4.78, 5) is 74.0. The third-order valence-corrected chi connectivity index (χ3v) is 16.2. The summed E-state index contributed by atoms with van der Waals surface area (Å²) in [6, 6.07) is 11.4. The number of aliphatic hydroxyl groups excluding tert-OH is 2. The smallest absolute Gasteiger partial charge is 0.246 e. The summed E-state index contributed by atoms with van der Waals surface area (Å²) >= 11 is 7.82. The molecular formula is C57H80ClN9O7S. The molecular weight excluding hydrogens is 990 g/mol. The number of hydrogen-bond acceptors (Lipinski definition) is 13. The Morgan fingerprint density at radius 3 is 2.20 bits per heavy atom. The topological polar surface area (TPSA) is 202 Å². The second-order valence-corrected chi connectivity index (χ2v) is 23.2. The number of β-amino-alcohol motifs (C(OH)–C–C–N with tert-alkyl or cyclic N) is 1. The number of likely N-dealkylation sites (tertiary alicyclic amines) is 1. The Morgan fingerprint density at radius 2 is 1.55 bits per heavy atom. The fourth-order valence-electron chi connectivity index (χ4n) is 10.8. The van der Waals surface area contributed by atoms with Crippen molar-refractivity contribution in [1.29, 1.82) is 0 Å². The summed E-state index contributed by atoms with van der Waals surface area (Å²) in [5.41, 5.74) is 6.68. The summed E-state index contributed by atoms with van der Waals surface area (Å²) in [5, 5.41) is 31.3. The number of fused-ring (bicyclic) bond motifs is 1. The number of piperazine rings is 1. The normalized spacial score (nSPS) is 19.9. The molecule has 5 N–H and O–H groups in total. The predicted octanol–water partition coefficient (Wildman–Crippen LogP) is 8.40. The number of nitrogens with one attached hydrogen (secondary N) is 3. The highest BCUT2D eigenvalue weighted by Gasteiger charge is 2.45. The van der Waals surface area contributed by atoms with Gasteiger partial charge >= 0.3 is 0 Å². The first kappa shape index (κ1) is 57.5. The van der Waals surface area contributed by atoms with Gasteiger partial charge in [0.15, 0.2) is 0 Å². The SMILES string of the molecule is CC(=O)N[C@H](C(=O)N1C[C@H](O)C[C@H]1C(=O)N[C@@H](C)c1ccc(-c2scnc2C)cc1OCCCCCCCCCCCNC[C@@H](C(=O)N1CCN(c2ncnc3c2[C@H](C)C[C@H]3O)CC1)c1ccc(Cl)cc1)C(C)(C)C. The van der Waals surface area contributed by atoms with Crippen LogP contribution in [0.25, 0.3) is 10.4 Å². The van der Waals surface area contributed by atoms with Gasteiger partial charge in [0.05, 0.1) is 52.6 Å². The minimum absolute atomic E-state index is 0.00853. The summed E-state index contributed by atoms with van der Waals surface area (Å²) < 4.78 is 6.49. The van der Waals surface area contributed by atoms with E-state index >= 15 is 0 Å². The number of unbranched alkanes of at least 4 members (excludes halogenated alkanes) is 8. The van der Waals surface area contributed by atoms with Gasteiger partial charge in [-0.25, -0.2) is 15.0 Å². The minimum atomic E-state index is -0.892. The van der Waals surface area contributed by atoms with Crippen LogP contribution >= 0.6 is 22.9 Å². The number of rotatable bonds is 24. The standard InChI is InChI=1S/C57H80ClN9O7S/c1-36-29-47(70)50-49(36)53(61-34-60-50)65-24-26-66(27-25-65)55(72)45(40-17-20-42(58)21-18-40)32-59-23-15-13-11-9-8-10-12-14-16-28-74-48-30-41(51-38(3)62-35-75-51)19-22-44(48)37(2)63-54(71)46-31-43(69)33-67(46)56(73)52(57(5,6)7)64-39(4)68/h17-22,30,34-37,43,45-47,52,59,69-70H,8-16,23-29,31-33H2,1-7H3,(H,63,71)(H,64,68)/t36-,37+,43-,45-,46+,47-,52-/m1/s1. The average Bonchev–Trinajstić information content (AvgIpc) is 4.10. The third-order valence-electron chi connectivity index (χ3n) is 15.0. The number of aromatic nitrogens is 3. The molecule has 0 spiro atoms. The van der Waals surface area contributed by atoms with E-state index in [0.29, 0.717) is 56.5 Å². The Bertz CT molecular complexity index is 2550. The molecule has 4 aromatic rings. The van der Waals surface area contributed by atoms with Crippen LogP contribution in [0.1, 0.15) is 164 Å². The van der Waals surface area contributed by atoms with Gasteiger partial charge in [-0.1, -0.05) is 109 Å². The number of hydrogen-bond donors (Lipinski definition) is 5. The largest absolute Gasteiger partial charge is 0.493 e. The average molecular weight is 1070 g/mol. The van der Waals surface area contributed by atoms with Crippen molar-refractivity contribution in [2.45, 2.75) is 161 Å². The van der Waals surface area contributed by atoms with Crippen molar-refractivity contribution in [3.63, 3.8) is 0 Å². The Kier molecular flexibility index (Phi) is 20.5. The van der Waals surface area contributed by atoms with E-state index in [0.717, 1.165) is 89.4 Å². The molecule has 2 aromatic heterocycles. The molecule has 2 fully saturated rings. The molecule has 0 unspecified atom stereocenters. The molecule has 0 saturated carbocycles. The van der Waals surface area contributed by atoms with Crippen molar-refractivity contribution in [1.82, 2.24) is 40.7 Å². The van der Waals surface area contributed by atoms with Crippen molar-refractivity contribution in [2.24, 2.45) is 5.41 Å². The lowest BCUT2D eigenvalue weighted by atomic mass is 9.85. The van der Waals surface area contributed by atoms with Crippen LogP contribution in [0.2, 0.25) is 5.02 Å². The van der Waals surface area contributed by atoms with Gasteiger partial charge in [-0.05, 0) is 80.3 Å². The van der Waals surface area contributed by atoms with Crippen molar-refractivity contribution < 1.29 is 34.1 Å². The zero-order valence-corrected chi connectivity index (χ0v) is 46.7. The first-order valence-corrected chi connectivity index (χ1v) is 28.4. The molecule has 408 valence electrons. The molecule has 0 bridgehead atoms. The van der Waals surface area contributed by atoms with Crippen molar-refractivity contribution >= 4 is 52.4 Å². The van der Waals surface area contributed by atoms with Crippen LogP contribution in [-0.4, -0.2) is 129 Å². The molecule has 18 heteroatoms. The molecule has 0 radical (unpaired) electrons. The number of thiazole rings is 1. The molecule has 4 heterocycles. The van der Waals surface area contributed by atoms with E-state index in [9.17, 15) is 29.4 Å². The first-order chi connectivity index (χ1) is 35.9. The van der Waals surface area contributed by atoms with E-state index in [4.69, 9.17) is 16.3 Å². The Morgan fingerprint density at radius 1 is 0.867 bits per heavy atom. The maximum Gasteiger partial charge on any atom is 0.246 e. The van der Waals surface area contributed by atoms with E-state index in [1.54, 1.807) is 17.7 Å². The molecule has 2 aromatic carbocycles. The molecule has 3 aliphatic rings. The molecule has 7 atom stereocenters. The number of halogens is 1. The van der Waals surface area contributed by atoms with Gasteiger partial charge in [-0.2, -0.15) is 0 Å². The van der Waals surface area contributed by atoms with E-state index in [2.05, 4.69) is 42.7 Å². The maximum atomic E-state index is 14.1. The van der Waals surface area contributed by atoms with Gasteiger partial charge in [-0.3, -0.25) is 19.2 Å². The number of amides is 4. The highest BCUT2D eigenvalue weighted by molar-refractivity contribution is 7.13. The molecule has 1 aliphatic carbocycles. The predicted molar refractivity (Wildman–Crippen MR) is 295 cm³/mol. The van der Waals surface area contributed by atoms with E-state index in [-0.39, 0.29) is 42.5 Å². The van der Waals surface area contributed by atoms with Gasteiger partial charge in [0, 0.05) is 68.8 Å². The molecule has 2 saturated heterocycles. The van der Waals surface area contributed by atoms with Gasteiger partial charge in [0.2, 0.25) is 23.6 Å².